The van der Waals surface area contributed by atoms with E-state index in [1.807, 2.05) is 42.5 Å². The molecular formula is C35H51N5O4. The van der Waals surface area contributed by atoms with Crippen LogP contribution >= 0.6 is 0 Å². The number of rotatable bonds is 15. The van der Waals surface area contributed by atoms with Gasteiger partial charge in [-0.2, -0.15) is 0 Å². The molecule has 0 unspecified atom stereocenters. The summed E-state index contributed by atoms with van der Waals surface area (Å²) in [5, 5.41) is 24.3. The molecule has 5 N–H and O–H groups in total. The number of benzene rings is 2. The summed E-state index contributed by atoms with van der Waals surface area (Å²) in [5.74, 6) is -0.339. The third-order valence-electron chi connectivity index (χ3n) is 8.98. The maximum atomic E-state index is 13.8. The number of aliphatic hydroxyl groups is 1. The van der Waals surface area contributed by atoms with Crippen LogP contribution in [0.4, 0.5) is 11.4 Å². The zero-order valence-electron chi connectivity index (χ0n) is 26.6. The van der Waals surface area contributed by atoms with Crippen molar-refractivity contribution in [2.45, 2.75) is 115 Å². The number of hydrogen-bond acceptors (Lipinski definition) is 6. The summed E-state index contributed by atoms with van der Waals surface area (Å²) in [6.07, 6.45) is 8.13. The fourth-order valence-corrected chi connectivity index (χ4v) is 6.14. The molecule has 4 rings (SSSR count). The second-order valence-corrected chi connectivity index (χ2v) is 12.4. The predicted molar refractivity (Wildman–Crippen MR) is 176 cm³/mol. The molecule has 9 nitrogen and oxygen atoms in total. The second kappa shape index (κ2) is 16.6. The molecule has 1 saturated heterocycles. The average molecular weight is 606 g/mol. The van der Waals surface area contributed by atoms with Gasteiger partial charge in [0, 0.05) is 48.5 Å². The Kier molecular flexibility index (Phi) is 12.6. The van der Waals surface area contributed by atoms with E-state index in [0.717, 1.165) is 56.2 Å². The average Bonchev–Trinajstić information content (AvgIpc) is 3.48. The zero-order chi connectivity index (χ0) is 31.5. The van der Waals surface area contributed by atoms with Crippen LogP contribution in [0.2, 0.25) is 0 Å². The van der Waals surface area contributed by atoms with Gasteiger partial charge in [-0.05, 0) is 69.2 Å². The fourth-order valence-electron chi connectivity index (χ4n) is 6.14. The monoisotopic (exact) mass is 605 g/mol. The summed E-state index contributed by atoms with van der Waals surface area (Å²) < 4.78 is 0. The van der Waals surface area contributed by atoms with Crippen molar-refractivity contribution in [1.29, 1.82) is 0 Å². The summed E-state index contributed by atoms with van der Waals surface area (Å²) in [4.78, 5) is 40.9. The Morgan fingerprint density at radius 3 is 2.39 bits per heavy atom. The Labute approximate surface area is 262 Å². The first-order valence-corrected chi connectivity index (χ1v) is 16.6. The van der Waals surface area contributed by atoms with Gasteiger partial charge in [-0.15, -0.1) is 0 Å². The Morgan fingerprint density at radius 2 is 1.73 bits per heavy atom. The normalized spacial score (nSPS) is 17.8. The molecule has 0 spiro atoms. The van der Waals surface area contributed by atoms with Gasteiger partial charge < -0.3 is 31.3 Å². The van der Waals surface area contributed by atoms with Crippen molar-refractivity contribution in [2.24, 2.45) is 0 Å². The predicted octanol–water partition coefficient (Wildman–Crippen LogP) is 4.54. The van der Waals surface area contributed by atoms with Crippen molar-refractivity contribution < 1.29 is 19.5 Å². The molecule has 1 heterocycles. The highest BCUT2D eigenvalue weighted by Gasteiger charge is 2.27. The van der Waals surface area contributed by atoms with E-state index in [9.17, 15) is 19.5 Å². The van der Waals surface area contributed by atoms with Gasteiger partial charge >= 0.3 is 0 Å². The SMILES string of the molecule is CCC(CC)Nc1cc(C(=O)N[C@@H](Cc2ccccc2)[C@H](O)CN[C@@H](C)C(=O)NC2CCCCC2)cc(N2CCCC2=O)c1. The minimum absolute atomic E-state index is 0.0566. The molecule has 2 fully saturated rings. The molecule has 2 aliphatic rings. The van der Waals surface area contributed by atoms with Crippen molar-refractivity contribution in [2.75, 3.05) is 23.3 Å². The van der Waals surface area contributed by atoms with E-state index in [2.05, 4.69) is 35.1 Å². The van der Waals surface area contributed by atoms with Gasteiger partial charge in [-0.1, -0.05) is 63.4 Å². The van der Waals surface area contributed by atoms with Crippen LogP contribution < -0.4 is 26.2 Å². The highest BCUT2D eigenvalue weighted by atomic mass is 16.3. The number of aliphatic hydroxyl groups excluding tert-OH is 1. The van der Waals surface area contributed by atoms with E-state index in [1.54, 1.807) is 17.9 Å². The van der Waals surface area contributed by atoms with Crippen molar-refractivity contribution in [3.63, 3.8) is 0 Å². The van der Waals surface area contributed by atoms with E-state index in [4.69, 9.17) is 0 Å². The second-order valence-electron chi connectivity index (χ2n) is 12.4. The van der Waals surface area contributed by atoms with Crippen molar-refractivity contribution in [1.82, 2.24) is 16.0 Å². The van der Waals surface area contributed by atoms with Crippen LogP contribution in [0.1, 0.15) is 94.5 Å². The molecule has 44 heavy (non-hydrogen) atoms. The van der Waals surface area contributed by atoms with Gasteiger partial charge in [0.2, 0.25) is 11.8 Å². The smallest absolute Gasteiger partial charge is 0.251 e. The molecule has 1 saturated carbocycles. The number of carbonyl (C=O) groups is 3. The van der Waals surface area contributed by atoms with E-state index in [0.29, 0.717) is 30.6 Å². The van der Waals surface area contributed by atoms with Crippen LogP contribution in [-0.4, -0.2) is 66.2 Å². The third-order valence-corrected chi connectivity index (χ3v) is 8.98. The summed E-state index contributed by atoms with van der Waals surface area (Å²) in [6.45, 7) is 6.80. The van der Waals surface area contributed by atoms with E-state index < -0.39 is 18.2 Å². The lowest BCUT2D eigenvalue weighted by Crippen LogP contribution is -2.53. The van der Waals surface area contributed by atoms with Gasteiger partial charge in [0.25, 0.3) is 5.91 Å². The Hall–Kier alpha value is -3.43. The maximum Gasteiger partial charge on any atom is 0.251 e. The lowest BCUT2D eigenvalue weighted by Gasteiger charge is -2.28. The lowest BCUT2D eigenvalue weighted by atomic mass is 9.95. The molecule has 240 valence electrons. The summed E-state index contributed by atoms with van der Waals surface area (Å²) in [7, 11) is 0. The number of hydrogen-bond donors (Lipinski definition) is 5. The minimum Gasteiger partial charge on any atom is -0.390 e. The van der Waals surface area contributed by atoms with Crippen LogP contribution in [0.3, 0.4) is 0 Å². The van der Waals surface area contributed by atoms with Crippen molar-refractivity contribution >= 4 is 29.1 Å². The fraction of sp³-hybridized carbons (Fsp3) is 0.571. The number of nitrogens with zero attached hydrogens (tertiary/aromatic N) is 1. The molecule has 2 aromatic rings. The number of carbonyl (C=O) groups excluding carboxylic acids is 3. The zero-order valence-corrected chi connectivity index (χ0v) is 26.6. The summed E-state index contributed by atoms with van der Waals surface area (Å²) >= 11 is 0. The molecule has 3 amide bonds. The van der Waals surface area contributed by atoms with Gasteiger partial charge in [-0.3, -0.25) is 14.4 Å². The number of anilines is 2. The van der Waals surface area contributed by atoms with Crippen LogP contribution in [0.5, 0.6) is 0 Å². The Balaban J connectivity index is 1.49. The molecule has 0 aromatic heterocycles. The van der Waals surface area contributed by atoms with Crippen molar-refractivity contribution in [3.8, 4) is 0 Å². The topological polar surface area (TPSA) is 123 Å². The molecule has 1 aliphatic carbocycles. The molecule has 0 radical (unpaired) electrons. The van der Waals surface area contributed by atoms with Gasteiger partial charge in [-0.25, -0.2) is 0 Å². The number of nitrogens with one attached hydrogen (secondary N) is 4. The van der Waals surface area contributed by atoms with Crippen LogP contribution in [0.15, 0.2) is 48.5 Å². The van der Waals surface area contributed by atoms with Crippen molar-refractivity contribution in [3.05, 3.63) is 59.7 Å². The molecule has 0 bridgehead atoms. The summed E-state index contributed by atoms with van der Waals surface area (Å²) in [5.41, 5.74) is 2.90. The highest BCUT2D eigenvalue weighted by molar-refractivity contribution is 6.00. The third kappa shape index (κ3) is 9.53. The largest absolute Gasteiger partial charge is 0.390 e. The molecular weight excluding hydrogens is 554 g/mol. The van der Waals surface area contributed by atoms with Gasteiger partial charge in [0.1, 0.15) is 0 Å². The van der Waals surface area contributed by atoms with Crippen LogP contribution in [0.25, 0.3) is 0 Å². The van der Waals surface area contributed by atoms with Crippen LogP contribution in [0, 0.1) is 0 Å². The maximum absolute atomic E-state index is 13.8. The molecule has 3 atom stereocenters. The van der Waals surface area contributed by atoms with Crippen LogP contribution in [-0.2, 0) is 16.0 Å². The lowest BCUT2D eigenvalue weighted by molar-refractivity contribution is -0.123. The first kappa shape index (κ1) is 33.5. The highest BCUT2D eigenvalue weighted by Crippen LogP contribution is 2.28. The Morgan fingerprint density at radius 1 is 1.00 bits per heavy atom. The Bertz CT molecular complexity index is 1230. The van der Waals surface area contributed by atoms with E-state index in [1.165, 1.54) is 6.42 Å². The first-order valence-electron chi connectivity index (χ1n) is 16.6. The standard InChI is InChI=1S/C35H51N5O4/c1-4-27(5-2)37-29-20-26(21-30(22-29)40-18-12-17-33(40)42)35(44)39-31(19-25-13-8-6-9-14-25)32(41)23-36-24(3)34(43)38-28-15-10-7-11-16-28/h6,8-9,13-14,20-22,24,27-28,31-32,36-37,41H,4-5,7,10-12,15-19,23H2,1-3H3,(H,38,43)(H,39,44)/t24-,31-,32+/m0/s1. The number of amides is 3. The molecule has 2 aromatic carbocycles. The van der Waals surface area contributed by atoms with E-state index >= 15 is 0 Å². The van der Waals surface area contributed by atoms with Gasteiger partial charge in [0.05, 0.1) is 18.2 Å². The molecule has 9 heteroatoms. The molecule has 1 aliphatic heterocycles. The quantitative estimate of drug-likeness (QED) is 0.203. The van der Waals surface area contributed by atoms with Gasteiger partial charge in [0.15, 0.2) is 0 Å². The first-order chi connectivity index (χ1) is 21.3. The summed E-state index contributed by atoms with van der Waals surface area (Å²) in [6, 6.07) is 14.6. The minimum atomic E-state index is -0.949. The van der Waals surface area contributed by atoms with E-state index in [-0.39, 0.29) is 36.3 Å².